The summed E-state index contributed by atoms with van der Waals surface area (Å²) in [7, 11) is 3.10. The number of hydrogen-bond acceptors (Lipinski definition) is 10. The van der Waals surface area contributed by atoms with Crippen LogP contribution in [0.4, 0.5) is 0 Å². The molecule has 46 heavy (non-hydrogen) atoms. The molecule has 4 rings (SSSR count). The Kier molecular flexibility index (Phi) is 13.5. The summed E-state index contributed by atoms with van der Waals surface area (Å²) in [5.74, 6) is 0.954. The number of carbonyl (C=O) groups excluding carboxylic acids is 2. The van der Waals surface area contributed by atoms with Gasteiger partial charge in [0.2, 0.25) is 0 Å². The minimum Gasteiger partial charge on any atom is -0.508 e. The number of ether oxygens (including phenoxy) is 7. The van der Waals surface area contributed by atoms with Crippen molar-refractivity contribution < 1.29 is 47.9 Å². The van der Waals surface area contributed by atoms with Crippen LogP contribution in [0.2, 0.25) is 0 Å². The van der Waals surface area contributed by atoms with E-state index in [0.717, 1.165) is 38.5 Å². The third kappa shape index (κ3) is 10.4. The average Bonchev–Trinajstić information content (AvgIpc) is 3.08. The van der Waals surface area contributed by atoms with Crippen LogP contribution in [-0.4, -0.2) is 63.5 Å². The number of esters is 1. The number of allylic oxidation sites excluding steroid dienone is 3. The van der Waals surface area contributed by atoms with Crippen LogP contribution >= 0.6 is 0 Å². The molecule has 2 saturated heterocycles. The van der Waals surface area contributed by atoms with E-state index in [-0.39, 0.29) is 43.4 Å². The molecule has 2 unspecified atom stereocenters. The van der Waals surface area contributed by atoms with Gasteiger partial charge in [-0.2, -0.15) is 0 Å². The molecule has 2 aliphatic heterocycles. The zero-order chi connectivity index (χ0) is 32.7. The summed E-state index contributed by atoms with van der Waals surface area (Å²) >= 11 is 0. The molecule has 1 N–H and O–H groups in total. The van der Waals surface area contributed by atoms with Gasteiger partial charge in [-0.25, -0.2) is 0 Å². The fourth-order valence-electron chi connectivity index (χ4n) is 5.05. The molecule has 0 radical (unpaired) electrons. The third-order valence-corrected chi connectivity index (χ3v) is 7.52. The Morgan fingerprint density at radius 2 is 1.33 bits per heavy atom. The van der Waals surface area contributed by atoms with E-state index in [4.69, 9.17) is 33.2 Å². The summed E-state index contributed by atoms with van der Waals surface area (Å²) < 4.78 is 39.3. The van der Waals surface area contributed by atoms with E-state index in [9.17, 15) is 14.7 Å². The highest BCUT2D eigenvalue weighted by Crippen LogP contribution is 2.32. The predicted molar refractivity (Wildman–Crippen MR) is 173 cm³/mol. The van der Waals surface area contributed by atoms with E-state index in [1.165, 1.54) is 12.2 Å². The summed E-state index contributed by atoms with van der Waals surface area (Å²) in [6.07, 6.45) is 11.1. The maximum absolute atomic E-state index is 13.3. The molecule has 248 valence electrons. The highest BCUT2D eigenvalue weighted by Gasteiger charge is 2.19. The van der Waals surface area contributed by atoms with Gasteiger partial charge >= 0.3 is 5.97 Å². The second-order valence-corrected chi connectivity index (χ2v) is 10.8. The van der Waals surface area contributed by atoms with Crippen LogP contribution in [0.5, 0.6) is 23.0 Å². The normalized spacial score (nSPS) is 19.0. The van der Waals surface area contributed by atoms with Crippen molar-refractivity contribution in [3.63, 3.8) is 0 Å². The summed E-state index contributed by atoms with van der Waals surface area (Å²) in [5, 5.41) is 11.0. The summed E-state index contributed by atoms with van der Waals surface area (Å²) in [6.45, 7) is 3.26. The number of ketones is 1. The molecule has 0 aliphatic carbocycles. The van der Waals surface area contributed by atoms with E-state index in [2.05, 4.69) is 0 Å². The van der Waals surface area contributed by atoms with Crippen molar-refractivity contribution in [2.75, 3.05) is 34.0 Å². The maximum Gasteiger partial charge on any atom is 0.306 e. The summed E-state index contributed by atoms with van der Waals surface area (Å²) in [6, 6.07) is 10.7. The lowest BCUT2D eigenvalue weighted by molar-refractivity contribution is -0.143. The molecule has 10 heteroatoms. The van der Waals surface area contributed by atoms with E-state index in [0.29, 0.717) is 47.3 Å². The molecular weight excluding hydrogens is 592 g/mol. The Morgan fingerprint density at radius 3 is 1.80 bits per heavy atom. The SMILES string of the molecule is CCOC(=O)CCC(C(=O)/C=C/c1ccc(OC2CCCCO2)c(OC)c1)=C(O)/C=C/c1ccc(OC2CCCCO2)c(OC)c1. The number of methoxy groups -OCH3 is 2. The van der Waals surface area contributed by atoms with Gasteiger partial charge in [0, 0.05) is 24.8 Å². The van der Waals surface area contributed by atoms with Gasteiger partial charge in [-0.3, -0.25) is 9.59 Å². The van der Waals surface area contributed by atoms with Gasteiger partial charge in [0.1, 0.15) is 5.76 Å². The number of hydrogen-bond donors (Lipinski definition) is 1. The van der Waals surface area contributed by atoms with Crippen molar-refractivity contribution in [1.82, 2.24) is 0 Å². The Morgan fingerprint density at radius 1 is 0.783 bits per heavy atom. The third-order valence-electron chi connectivity index (χ3n) is 7.52. The van der Waals surface area contributed by atoms with Gasteiger partial charge in [-0.15, -0.1) is 0 Å². The quantitative estimate of drug-likeness (QED) is 0.0951. The molecule has 0 amide bonds. The second kappa shape index (κ2) is 18.0. The van der Waals surface area contributed by atoms with Crippen molar-refractivity contribution in [2.24, 2.45) is 0 Å². The van der Waals surface area contributed by atoms with Gasteiger partial charge in [-0.1, -0.05) is 24.3 Å². The van der Waals surface area contributed by atoms with Crippen molar-refractivity contribution in [3.05, 3.63) is 71.0 Å². The molecule has 2 aliphatic rings. The first kappa shape index (κ1) is 34.6. The lowest BCUT2D eigenvalue weighted by atomic mass is 10.0. The van der Waals surface area contributed by atoms with Gasteiger partial charge in [0.25, 0.3) is 0 Å². The zero-order valence-electron chi connectivity index (χ0n) is 26.8. The van der Waals surface area contributed by atoms with Gasteiger partial charge in [0.15, 0.2) is 41.4 Å². The van der Waals surface area contributed by atoms with E-state index in [1.807, 2.05) is 6.07 Å². The topological polar surface area (TPSA) is 119 Å². The lowest BCUT2D eigenvalue weighted by Gasteiger charge is -2.24. The van der Waals surface area contributed by atoms with Crippen LogP contribution in [-0.2, 0) is 23.8 Å². The van der Waals surface area contributed by atoms with Crippen molar-refractivity contribution in [2.45, 2.75) is 70.9 Å². The molecular formula is C36H44O10. The molecule has 2 heterocycles. The van der Waals surface area contributed by atoms with Crippen molar-refractivity contribution in [3.8, 4) is 23.0 Å². The fourth-order valence-corrected chi connectivity index (χ4v) is 5.05. The summed E-state index contributed by atoms with van der Waals surface area (Å²) in [4.78, 5) is 25.4. The summed E-state index contributed by atoms with van der Waals surface area (Å²) in [5.41, 5.74) is 1.47. The molecule has 0 bridgehead atoms. The minimum atomic E-state index is -0.460. The van der Waals surface area contributed by atoms with Crippen LogP contribution < -0.4 is 18.9 Å². The Labute approximate surface area is 270 Å². The van der Waals surface area contributed by atoms with Crippen LogP contribution in [0.15, 0.2) is 59.9 Å². The Balaban J connectivity index is 1.50. The molecule has 2 aromatic rings. The Hall–Kier alpha value is -4.28. The first-order valence-corrected chi connectivity index (χ1v) is 15.8. The highest BCUT2D eigenvalue weighted by molar-refractivity contribution is 6.07. The number of aliphatic hydroxyl groups excluding tert-OH is 1. The zero-order valence-corrected chi connectivity index (χ0v) is 26.8. The molecule has 0 aromatic heterocycles. The highest BCUT2D eigenvalue weighted by atomic mass is 16.7. The molecule has 10 nitrogen and oxygen atoms in total. The molecule has 0 spiro atoms. The van der Waals surface area contributed by atoms with Crippen LogP contribution in [0, 0.1) is 0 Å². The monoisotopic (exact) mass is 636 g/mol. The molecule has 2 atom stereocenters. The second-order valence-electron chi connectivity index (χ2n) is 10.8. The van der Waals surface area contributed by atoms with Gasteiger partial charge < -0.3 is 38.3 Å². The van der Waals surface area contributed by atoms with Crippen molar-refractivity contribution in [1.29, 1.82) is 0 Å². The maximum atomic E-state index is 13.3. The molecule has 0 saturated carbocycles. The number of benzene rings is 2. The smallest absolute Gasteiger partial charge is 0.306 e. The van der Waals surface area contributed by atoms with Crippen LogP contribution in [0.3, 0.4) is 0 Å². The number of aliphatic hydroxyl groups is 1. The van der Waals surface area contributed by atoms with E-state index in [1.54, 1.807) is 63.6 Å². The minimum absolute atomic E-state index is 0.00679. The van der Waals surface area contributed by atoms with Crippen molar-refractivity contribution >= 4 is 23.9 Å². The Bertz CT molecular complexity index is 1400. The molecule has 2 fully saturated rings. The fraction of sp³-hybridized carbons (Fsp3) is 0.444. The van der Waals surface area contributed by atoms with Crippen LogP contribution in [0.1, 0.15) is 69.4 Å². The number of carbonyl (C=O) groups is 2. The van der Waals surface area contributed by atoms with Crippen LogP contribution in [0.25, 0.3) is 12.2 Å². The average molecular weight is 637 g/mol. The lowest BCUT2D eigenvalue weighted by Crippen LogP contribution is -2.25. The van der Waals surface area contributed by atoms with E-state index < -0.39 is 11.8 Å². The largest absolute Gasteiger partial charge is 0.508 e. The molecule has 2 aromatic carbocycles. The first-order valence-electron chi connectivity index (χ1n) is 15.8. The predicted octanol–water partition coefficient (Wildman–Crippen LogP) is 6.97. The number of rotatable bonds is 15. The standard InChI is InChI=1S/C36H44O10/c1-4-42-34(39)20-15-27(28(37)16-11-25-13-18-30(32(23-25)40-2)45-35-9-5-7-21-43-35)29(38)17-12-26-14-19-31(33(24-26)41-3)46-36-10-6-8-22-44-36/h11-14,16-19,23-24,35-37H,4-10,15,20-22H2,1-3H3/b16-11+,17-12+,28-27?. The van der Waals surface area contributed by atoms with Gasteiger partial charge in [-0.05, 0) is 86.6 Å². The first-order chi connectivity index (χ1) is 22.4. The van der Waals surface area contributed by atoms with Gasteiger partial charge in [0.05, 0.1) is 34.0 Å². The van der Waals surface area contributed by atoms with E-state index >= 15 is 0 Å².